The quantitative estimate of drug-likeness (QED) is 0.489. The molecule has 4 nitrogen and oxygen atoms in total. The van der Waals surface area contributed by atoms with Gasteiger partial charge in [-0.25, -0.2) is 14.4 Å². The smallest absolute Gasteiger partial charge is 0.233 e. The standard InChI is InChI=1S/C19H18FN3OS2/c1-23(9-12-5-2-3-7-14(12)20)16(24)10-25-18-17-13-6-4-8-15(13)26-19(17)22-11-21-18/h2-3,5,7,11H,4,6,8-10H2,1H3. The van der Waals surface area contributed by atoms with E-state index in [2.05, 4.69) is 9.97 Å². The van der Waals surface area contributed by atoms with Crippen LogP contribution in [0.25, 0.3) is 10.2 Å². The maximum Gasteiger partial charge on any atom is 0.233 e. The summed E-state index contributed by atoms with van der Waals surface area (Å²) in [6.45, 7) is 0.263. The van der Waals surface area contributed by atoms with Crippen LogP contribution in [-0.4, -0.2) is 33.6 Å². The summed E-state index contributed by atoms with van der Waals surface area (Å²) < 4.78 is 13.8. The highest BCUT2D eigenvalue weighted by Gasteiger charge is 2.22. The van der Waals surface area contributed by atoms with Crippen molar-refractivity contribution in [1.29, 1.82) is 0 Å². The van der Waals surface area contributed by atoms with Crippen molar-refractivity contribution in [1.82, 2.24) is 14.9 Å². The van der Waals surface area contributed by atoms with Crippen molar-refractivity contribution in [3.8, 4) is 0 Å². The fraction of sp³-hybridized carbons (Fsp3) is 0.316. The highest BCUT2D eigenvalue weighted by atomic mass is 32.2. The Bertz CT molecular complexity index is 973. The molecule has 0 radical (unpaired) electrons. The second kappa shape index (κ2) is 7.32. The highest BCUT2D eigenvalue weighted by molar-refractivity contribution is 8.00. The molecule has 2 heterocycles. The highest BCUT2D eigenvalue weighted by Crippen LogP contribution is 2.40. The van der Waals surface area contributed by atoms with Gasteiger partial charge in [0.1, 0.15) is 22.0 Å². The summed E-state index contributed by atoms with van der Waals surface area (Å²) in [5.41, 5.74) is 1.88. The maximum atomic E-state index is 13.8. The van der Waals surface area contributed by atoms with E-state index in [1.54, 1.807) is 47.8 Å². The average molecular weight is 388 g/mol. The summed E-state index contributed by atoms with van der Waals surface area (Å²) in [6, 6.07) is 6.54. The van der Waals surface area contributed by atoms with Gasteiger partial charge in [-0.3, -0.25) is 4.79 Å². The van der Waals surface area contributed by atoms with Gasteiger partial charge in [-0.2, -0.15) is 0 Å². The molecule has 4 rings (SSSR count). The summed E-state index contributed by atoms with van der Waals surface area (Å²) in [4.78, 5) is 25.3. The van der Waals surface area contributed by atoms with Crippen molar-refractivity contribution in [2.24, 2.45) is 0 Å². The molecule has 1 aromatic carbocycles. The number of benzene rings is 1. The third-order valence-corrected chi connectivity index (χ3v) is 6.76. The van der Waals surface area contributed by atoms with E-state index in [0.29, 0.717) is 5.56 Å². The summed E-state index contributed by atoms with van der Waals surface area (Å²) in [5, 5.41) is 2.00. The number of thiophene rings is 1. The fourth-order valence-electron chi connectivity index (χ4n) is 3.22. The normalized spacial score (nSPS) is 13.2. The van der Waals surface area contributed by atoms with E-state index in [1.807, 2.05) is 0 Å². The molecule has 134 valence electrons. The van der Waals surface area contributed by atoms with Gasteiger partial charge in [0.2, 0.25) is 5.91 Å². The van der Waals surface area contributed by atoms with Gasteiger partial charge in [0, 0.05) is 29.4 Å². The van der Waals surface area contributed by atoms with Crippen LogP contribution < -0.4 is 0 Å². The molecule has 1 aliphatic rings. The molecule has 0 saturated carbocycles. The minimum atomic E-state index is -0.286. The van der Waals surface area contributed by atoms with E-state index >= 15 is 0 Å². The lowest BCUT2D eigenvalue weighted by molar-refractivity contribution is -0.127. The molecule has 0 unspecified atom stereocenters. The molecular formula is C19H18FN3OS2. The van der Waals surface area contributed by atoms with E-state index in [4.69, 9.17) is 0 Å². The Balaban J connectivity index is 1.46. The number of thioether (sulfide) groups is 1. The summed E-state index contributed by atoms with van der Waals surface area (Å²) in [6.07, 6.45) is 4.94. The maximum absolute atomic E-state index is 13.8. The summed E-state index contributed by atoms with van der Waals surface area (Å²) in [5.74, 6) is -0.0511. The molecule has 7 heteroatoms. The molecule has 1 amide bonds. The third-order valence-electron chi connectivity index (χ3n) is 4.59. The van der Waals surface area contributed by atoms with Gasteiger partial charge in [-0.15, -0.1) is 11.3 Å². The van der Waals surface area contributed by atoms with E-state index in [0.717, 1.165) is 28.1 Å². The van der Waals surface area contributed by atoms with Crippen molar-refractivity contribution < 1.29 is 9.18 Å². The van der Waals surface area contributed by atoms with Gasteiger partial charge in [0.25, 0.3) is 0 Å². The zero-order chi connectivity index (χ0) is 18.1. The van der Waals surface area contributed by atoms with Gasteiger partial charge >= 0.3 is 0 Å². The molecule has 0 atom stereocenters. The Hall–Kier alpha value is -1.99. The number of aromatic nitrogens is 2. The Morgan fingerprint density at radius 1 is 1.31 bits per heavy atom. The van der Waals surface area contributed by atoms with Gasteiger partial charge < -0.3 is 4.90 Å². The van der Waals surface area contributed by atoms with Gasteiger partial charge in [0.05, 0.1) is 5.75 Å². The molecule has 3 aromatic rings. The zero-order valence-electron chi connectivity index (χ0n) is 14.4. The van der Waals surface area contributed by atoms with Crippen LogP contribution in [0.4, 0.5) is 4.39 Å². The minimum absolute atomic E-state index is 0.0445. The van der Waals surface area contributed by atoms with Gasteiger partial charge in [-0.1, -0.05) is 30.0 Å². The minimum Gasteiger partial charge on any atom is -0.341 e. The first-order valence-electron chi connectivity index (χ1n) is 8.49. The lowest BCUT2D eigenvalue weighted by Crippen LogP contribution is -2.28. The molecule has 0 bridgehead atoms. The number of carbonyl (C=O) groups excluding carboxylic acids is 1. The number of hydrogen-bond acceptors (Lipinski definition) is 5. The predicted octanol–water partition coefficient (Wildman–Crippen LogP) is 4.07. The van der Waals surface area contributed by atoms with E-state index in [1.165, 1.54) is 34.7 Å². The number of halogens is 1. The van der Waals surface area contributed by atoms with Crippen molar-refractivity contribution in [2.75, 3.05) is 12.8 Å². The van der Waals surface area contributed by atoms with Crippen LogP contribution in [0, 0.1) is 5.82 Å². The van der Waals surface area contributed by atoms with Crippen LogP contribution in [0.3, 0.4) is 0 Å². The molecule has 2 aromatic heterocycles. The van der Waals surface area contributed by atoms with E-state index < -0.39 is 0 Å². The SMILES string of the molecule is CN(Cc1ccccc1F)C(=O)CSc1ncnc2sc3c(c12)CCC3. The Morgan fingerprint density at radius 2 is 2.15 bits per heavy atom. The Labute approximate surface area is 159 Å². The number of fused-ring (bicyclic) bond motifs is 3. The number of carbonyl (C=O) groups is 1. The molecule has 0 fully saturated rings. The van der Waals surface area contributed by atoms with E-state index in [-0.39, 0.29) is 24.0 Å². The number of amides is 1. The van der Waals surface area contributed by atoms with Crippen molar-refractivity contribution in [2.45, 2.75) is 30.8 Å². The first kappa shape index (κ1) is 17.4. The van der Waals surface area contributed by atoms with Crippen LogP contribution in [0.2, 0.25) is 0 Å². The largest absolute Gasteiger partial charge is 0.341 e. The zero-order valence-corrected chi connectivity index (χ0v) is 16.0. The first-order valence-corrected chi connectivity index (χ1v) is 10.3. The van der Waals surface area contributed by atoms with Crippen LogP contribution in [0.15, 0.2) is 35.6 Å². The van der Waals surface area contributed by atoms with E-state index in [9.17, 15) is 9.18 Å². The van der Waals surface area contributed by atoms with Crippen LogP contribution in [0.5, 0.6) is 0 Å². The summed E-state index contributed by atoms with van der Waals surface area (Å²) >= 11 is 3.19. The molecule has 0 N–H and O–H groups in total. The first-order chi connectivity index (χ1) is 12.6. The topological polar surface area (TPSA) is 46.1 Å². The number of nitrogens with zero attached hydrogens (tertiary/aromatic N) is 3. The number of rotatable bonds is 5. The van der Waals surface area contributed by atoms with Crippen LogP contribution in [-0.2, 0) is 24.2 Å². The molecular weight excluding hydrogens is 369 g/mol. The Kier molecular flexibility index (Phi) is 4.91. The fourth-order valence-corrected chi connectivity index (χ4v) is 5.48. The lowest BCUT2D eigenvalue weighted by atomic mass is 10.2. The molecule has 0 aliphatic heterocycles. The van der Waals surface area contributed by atoms with Crippen molar-refractivity contribution in [3.05, 3.63) is 52.4 Å². The molecule has 26 heavy (non-hydrogen) atoms. The Morgan fingerprint density at radius 3 is 3.00 bits per heavy atom. The van der Waals surface area contributed by atoms with Gasteiger partial charge in [0.15, 0.2) is 0 Å². The second-order valence-corrected chi connectivity index (χ2v) is 8.39. The van der Waals surface area contributed by atoms with Crippen molar-refractivity contribution >= 4 is 39.2 Å². The molecule has 1 aliphatic carbocycles. The lowest BCUT2D eigenvalue weighted by Gasteiger charge is -2.17. The van der Waals surface area contributed by atoms with Crippen LogP contribution >= 0.6 is 23.1 Å². The molecule has 0 spiro atoms. The van der Waals surface area contributed by atoms with Crippen molar-refractivity contribution in [3.63, 3.8) is 0 Å². The second-order valence-electron chi connectivity index (χ2n) is 6.35. The molecule has 0 saturated heterocycles. The summed E-state index contributed by atoms with van der Waals surface area (Å²) in [7, 11) is 1.70. The van der Waals surface area contributed by atoms with Gasteiger partial charge in [-0.05, 0) is 30.9 Å². The predicted molar refractivity (Wildman–Crippen MR) is 103 cm³/mol. The third kappa shape index (κ3) is 3.33. The van der Waals surface area contributed by atoms with Crippen LogP contribution in [0.1, 0.15) is 22.4 Å². The monoisotopic (exact) mass is 387 g/mol. The average Bonchev–Trinajstić information content (AvgIpc) is 3.22. The number of aryl methyl sites for hydroxylation is 2. The number of hydrogen-bond donors (Lipinski definition) is 0.